The van der Waals surface area contributed by atoms with Crippen molar-refractivity contribution in [3.8, 4) is 0 Å². The molecule has 2 rings (SSSR count). The molecule has 1 heterocycles. The van der Waals surface area contributed by atoms with Gasteiger partial charge in [0.05, 0.1) is 0 Å². The van der Waals surface area contributed by atoms with Crippen LogP contribution in [-0.4, -0.2) is 31.1 Å². The molecule has 1 aromatic rings. The summed E-state index contributed by atoms with van der Waals surface area (Å²) in [6.07, 6.45) is 2.36. The van der Waals surface area contributed by atoms with Crippen LogP contribution >= 0.6 is 0 Å². The number of nitrogens with one attached hydrogen (secondary N) is 1. The molecule has 0 aromatic heterocycles. The summed E-state index contributed by atoms with van der Waals surface area (Å²) in [4.78, 5) is 2.23. The Bertz CT molecular complexity index is 366. The summed E-state index contributed by atoms with van der Waals surface area (Å²) in [5.41, 5.74) is -0.245. The van der Waals surface area contributed by atoms with Crippen LogP contribution in [0.15, 0.2) is 12.1 Å². The maximum absolute atomic E-state index is 13.3. The van der Waals surface area contributed by atoms with Crippen LogP contribution in [-0.2, 0) is 0 Å². The van der Waals surface area contributed by atoms with E-state index in [0.29, 0.717) is 18.7 Å². The molecule has 0 amide bonds. The molecule has 0 saturated carbocycles. The van der Waals surface area contributed by atoms with Gasteiger partial charge in [-0.25, -0.2) is 13.2 Å². The Kier molecular flexibility index (Phi) is 3.89. The average Bonchev–Trinajstić information content (AvgIpc) is 2.74. The van der Waals surface area contributed by atoms with Gasteiger partial charge in [0, 0.05) is 25.2 Å². The van der Waals surface area contributed by atoms with E-state index < -0.39 is 17.5 Å². The number of anilines is 1. The molecule has 1 N–H and O–H groups in total. The summed E-state index contributed by atoms with van der Waals surface area (Å²) in [6.45, 7) is 3.28. The summed E-state index contributed by atoms with van der Waals surface area (Å²) in [5.74, 6) is -2.67. The molecular formula is C12H15F3N2. The van der Waals surface area contributed by atoms with Gasteiger partial charge < -0.3 is 10.2 Å². The lowest BCUT2D eigenvalue weighted by Gasteiger charge is -2.15. The van der Waals surface area contributed by atoms with Crippen molar-refractivity contribution in [1.29, 1.82) is 0 Å². The summed E-state index contributed by atoms with van der Waals surface area (Å²) in [6, 6.07) is 1.36. The first-order valence-electron chi connectivity index (χ1n) is 5.77. The molecule has 0 atom stereocenters. The second-order valence-electron chi connectivity index (χ2n) is 4.22. The third kappa shape index (κ3) is 3.12. The zero-order valence-electron chi connectivity index (χ0n) is 9.48. The highest BCUT2D eigenvalue weighted by molar-refractivity contribution is 5.46. The monoisotopic (exact) mass is 244 g/mol. The molecule has 5 heteroatoms. The van der Waals surface area contributed by atoms with Gasteiger partial charge in [-0.2, -0.15) is 0 Å². The van der Waals surface area contributed by atoms with Crippen molar-refractivity contribution in [3.05, 3.63) is 29.6 Å². The minimum absolute atomic E-state index is 0.245. The van der Waals surface area contributed by atoms with E-state index in [-0.39, 0.29) is 5.69 Å². The summed E-state index contributed by atoms with van der Waals surface area (Å²) < 4.78 is 39.2. The van der Waals surface area contributed by atoms with E-state index in [2.05, 4.69) is 10.2 Å². The Hall–Kier alpha value is -1.23. The molecule has 2 nitrogen and oxygen atoms in total. The Morgan fingerprint density at radius 2 is 1.65 bits per heavy atom. The first-order chi connectivity index (χ1) is 8.16. The highest BCUT2D eigenvalue weighted by atomic mass is 19.1. The summed E-state index contributed by atoms with van der Waals surface area (Å²) in [7, 11) is 0. The van der Waals surface area contributed by atoms with Crippen molar-refractivity contribution in [2.75, 3.05) is 31.5 Å². The van der Waals surface area contributed by atoms with Crippen LogP contribution < -0.4 is 5.32 Å². The average molecular weight is 244 g/mol. The van der Waals surface area contributed by atoms with E-state index in [1.807, 2.05) is 0 Å². The molecular weight excluding hydrogens is 229 g/mol. The lowest BCUT2D eigenvalue weighted by Crippen LogP contribution is -2.26. The molecule has 0 radical (unpaired) electrons. The second kappa shape index (κ2) is 5.40. The number of benzene rings is 1. The molecule has 1 fully saturated rings. The smallest absolute Gasteiger partial charge is 0.152 e. The predicted molar refractivity (Wildman–Crippen MR) is 60.5 cm³/mol. The third-order valence-electron chi connectivity index (χ3n) is 2.94. The molecule has 94 valence electrons. The fraction of sp³-hybridized carbons (Fsp3) is 0.500. The molecule has 0 spiro atoms. The number of hydrogen-bond donors (Lipinski definition) is 1. The molecule has 1 aromatic carbocycles. The van der Waals surface area contributed by atoms with E-state index in [9.17, 15) is 13.2 Å². The minimum atomic E-state index is -0.898. The van der Waals surface area contributed by atoms with E-state index >= 15 is 0 Å². The lowest BCUT2D eigenvalue weighted by molar-refractivity contribution is 0.352. The van der Waals surface area contributed by atoms with Crippen molar-refractivity contribution in [2.45, 2.75) is 12.8 Å². The Morgan fingerprint density at radius 3 is 2.24 bits per heavy atom. The zero-order valence-corrected chi connectivity index (χ0v) is 9.48. The number of likely N-dealkylation sites (tertiary alicyclic amines) is 1. The summed E-state index contributed by atoms with van der Waals surface area (Å²) in [5, 5.41) is 2.68. The van der Waals surface area contributed by atoms with Crippen molar-refractivity contribution >= 4 is 5.69 Å². The van der Waals surface area contributed by atoms with E-state index in [1.54, 1.807) is 0 Å². The van der Waals surface area contributed by atoms with Gasteiger partial charge in [0.1, 0.15) is 11.5 Å². The van der Waals surface area contributed by atoms with Gasteiger partial charge in [-0.3, -0.25) is 0 Å². The van der Waals surface area contributed by atoms with Crippen LogP contribution in [0.1, 0.15) is 12.8 Å². The van der Waals surface area contributed by atoms with Crippen molar-refractivity contribution in [2.24, 2.45) is 0 Å². The van der Waals surface area contributed by atoms with Gasteiger partial charge in [0.2, 0.25) is 0 Å². The SMILES string of the molecule is Fc1cc(F)c(NCCN2CCCC2)c(F)c1. The maximum atomic E-state index is 13.3. The largest absolute Gasteiger partial charge is 0.379 e. The first-order valence-corrected chi connectivity index (χ1v) is 5.77. The van der Waals surface area contributed by atoms with Crippen LogP contribution in [0.5, 0.6) is 0 Å². The Balaban J connectivity index is 1.89. The molecule has 1 saturated heterocycles. The second-order valence-corrected chi connectivity index (χ2v) is 4.22. The maximum Gasteiger partial charge on any atom is 0.152 e. The van der Waals surface area contributed by atoms with Crippen LogP contribution in [0.2, 0.25) is 0 Å². The predicted octanol–water partition coefficient (Wildman–Crippen LogP) is 2.61. The number of nitrogens with zero attached hydrogens (tertiary/aromatic N) is 1. The lowest BCUT2D eigenvalue weighted by atomic mass is 10.2. The normalized spacial score (nSPS) is 16.4. The first kappa shape index (κ1) is 12.2. The van der Waals surface area contributed by atoms with Crippen LogP contribution in [0, 0.1) is 17.5 Å². The van der Waals surface area contributed by atoms with Gasteiger partial charge >= 0.3 is 0 Å². The van der Waals surface area contributed by atoms with Crippen molar-refractivity contribution in [1.82, 2.24) is 4.90 Å². The fourth-order valence-corrected chi connectivity index (χ4v) is 2.06. The van der Waals surface area contributed by atoms with Crippen LogP contribution in [0.25, 0.3) is 0 Å². The van der Waals surface area contributed by atoms with E-state index in [1.165, 1.54) is 12.8 Å². The quantitative estimate of drug-likeness (QED) is 0.875. The van der Waals surface area contributed by atoms with Crippen LogP contribution in [0.3, 0.4) is 0 Å². The van der Waals surface area contributed by atoms with Gasteiger partial charge in [0.15, 0.2) is 11.6 Å². The van der Waals surface area contributed by atoms with Crippen molar-refractivity contribution in [3.63, 3.8) is 0 Å². The van der Waals surface area contributed by atoms with Gasteiger partial charge in [-0.1, -0.05) is 0 Å². The molecule has 0 unspecified atom stereocenters. The number of halogens is 3. The molecule has 1 aliphatic rings. The van der Waals surface area contributed by atoms with Gasteiger partial charge in [-0.15, -0.1) is 0 Å². The molecule has 17 heavy (non-hydrogen) atoms. The topological polar surface area (TPSA) is 15.3 Å². The van der Waals surface area contributed by atoms with Gasteiger partial charge in [0.25, 0.3) is 0 Å². The van der Waals surface area contributed by atoms with E-state index in [0.717, 1.165) is 19.6 Å². The zero-order chi connectivity index (χ0) is 12.3. The minimum Gasteiger partial charge on any atom is -0.379 e. The van der Waals surface area contributed by atoms with E-state index in [4.69, 9.17) is 0 Å². The fourth-order valence-electron chi connectivity index (χ4n) is 2.06. The highest BCUT2D eigenvalue weighted by Crippen LogP contribution is 2.19. The molecule has 1 aliphatic heterocycles. The Labute approximate surface area is 98.4 Å². The standard InChI is InChI=1S/C12H15F3N2/c13-9-7-10(14)12(11(15)8-9)16-3-6-17-4-1-2-5-17/h7-8,16H,1-6H2. The summed E-state index contributed by atoms with van der Waals surface area (Å²) >= 11 is 0. The molecule has 0 bridgehead atoms. The van der Waals surface area contributed by atoms with Gasteiger partial charge in [-0.05, 0) is 25.9 Å². The highest BCUT2D eigenvalue weighted by Gasteiger charge is 2.13. The number of rotatable bonds is 4. The Morgan fingerprint density at radius 1 is 1.06 bits per heavy atom. The number of hydrogen-bond acceptors (Lipinski definition) is 2. The van der Waals surface area contributed by atoms with Crippen LogP contribution in [0.4, 0.5) is 18.9 Å². The third-order valence-corrected chi connectivity index (χ3v) is 2.94. The molecule has 0 aliphatic carbocycles. The van der Waals surface area contributed by atoms with Crippen molar-refractivity contribution < 1.29 is 13.2 Å².